The Morgan fingerprint density at radius 1 is 0.679 bits per heavy atom. The van der Waals surface area contributed by atoms with Crippen molar-refractivity contribution in [2.24, 2.45) is 0 Å². The van der Waals surface area contributed by atoms with Crippen LogP contribution in [0.1, 0.15) is 97.1 Å². The molecule has 0 saturated heterocycles. The van der Waals surface area contributed by atoms with Crippen molar-refractivity contribution in [3.63, 3.8) is 0 Å². The number of anilines is 1. The molecule has 5 nitrogen and oxygen atoms in total. The first kappa shape index (κ1) is 38.5. The van der Waals surface area contributed by atoms with Crippen LogP contribution in [-0.4, -0.2) is 42.1 Å². The zero-order valence-electron chi connectivity index (χ0n) is 32.3. The largest absolute Gasteiger partial charge is 0.748 e. The Kier molecular flexibility index (Phi) is 11.9. The minimum absolute atomic E-state index is 0.127. The smallest absolute Gasteiger partial charge is 0.210 e. The SMILES string of the molecule is CCCCCCCCN1/C(=C/C=C/C=C/C=C/C2=[N+](CCCCS(=O)(=O)[O-])c3ccc4ccccc4c3C2(C)C)C(C)(C)c2c1ccc1ccccc21. The molecule has 6 heteroatoms. The predicted octanol–water partition coefficient (Wildman–Crippen LogP) is 11.4. The van der Waals surface area contributed by atoms with E-state index >= 15 is 0 Å². The van der Waals surface area contributed by atoms with Crippen LogP contribution in [0.15, 0.2) is 121 Å². The standard InChI is InChI=1S/C47H56N2O3S/c1-6-7-8-9-13-20-33-48-40-31-29-36-23-16-18-25-38(36)44(40)46(2,3)42(48)27-14-11-10-12-15-28-43-47(4,5)45-39-26-19-17-24-37(39)30-32-41(45)49(43)34-21-22-35-53(50,51)52/h10-12,14-19,23-32H,6-9,13,20-22,33-35H2,1-5H3. The van der Waals surface area contributed by atoms with E-state index in [0.717, 1.165) is 17.9 Å². The first-order chi connectivity index (χ1) is 25.4. The molecule has 53 heavy (non-hydrogen) atoms. The van der Waals surface area contributed by atoms with Crippen LogP contribution < -0.4 is 4.90 Å². The fourth-order valence-corrected chi connectivity index (χ4v) is 9.20. The number of benzene rings is 4. The van der Waals surface area contributed by atoms with Crippen molar-refractivity contribution in [1.82, 2.24) is 0 Å². The third-order valence-electron chi connectivity index (χ3n) is 11.2. The zero-order valence-corrected chi connectivity index (χ0v) is 33.1. The van der Waals surface area contributed by atoms with E-state index in [4.69, 9.17) is 0 Å². The summed E-state index contributed by atoms with van der Waals surface area (Å²) in [5.41, 5.74) is 7.29. The lowest BCUT2D eigenvalue weighted by molar-refractivity contribution is -0.438. The van der Waals surface area contributed by atoms with Gasteiger partial charge < -0.3 is 9.45 Å². The second-order valence-electron chi connectivity index (χ2n) is 15.7. The highest BCUT2D eigenvalue weighted by Gasteiger charge is 2.45. The van der Waals surface area contributed by atoms with Gasteiger partial charge >= 0.3 is 0 Å². The lowest BCUT2D eigenvalue weighted by Crippen LogP contribution is -2.28. The Hall–Kier alpha value is -4.26. The molecule has 0 aliphatic carbocycles. The molecule has 6 rings (SSSR count). The first-order valence-corrected chi connectivity index (χ1v) is 21.2. The number of allylic oxidation sites excluding steroid dienone is 8. The molecule has 2 aliphatic rings. The van der Waals surface area contributed by atoms with E-state index < -0.39 is 10.1 Å². The summed E-state index contributed by atoms with van der Waals surface area (Å²) < 4.78 is 36.2. The number of nitrogens with zero attached hydrogens (tertiary/aromatic N) is 2. The average Bonchev–Trinajstić information content (AvgIpc) is 3.49. The maximum absolute atomic E-state index is 11.3. The number of rotatable bonds is 16. The highest BCUT2D eigenvalue weighted by atomic mass is 32.2. The lowest BCUT2D eigenvalue weighted by atomic mass is 9.79. The third kappa shape index (κ3) is 8.29. The molecule has 4 aromatic rings. The molecule has 0 radical (unpaired) electrons. The monoisotopic (exact) mass is 728 g/mol. The molecular weight excluding hydrogens is 673 g/mol. The van der Waals surface area contributed by atoms with Crippen molar-refractivity contribution >= 4 is 48.7 Å². The van der Waals surface area contributed by atoms with E-state index in [1.165, 1.54) is 82.6 Å². The van der Waals surface area contributed by atoms with Gasteiger partial charge in [0.2, 0.25) is 5.69 Å². The molecular formula is C47H56N2O3S. The molecule has 0 spiro atoms. The Morgan fingerprint density at radius 2 is 1.30 bits per heavy atom. The highest BCUT2D eigenvalue weighted by molar-refractivity contribution is 7.85. The molecule has 0 saturated carbocycles. The van der Waals surface area contributed by atoms with E-state index in [1.807, 2.05) is 0 Å². The van der Waals surface area contributed by atoms with Gasteiger partial charge in [0.25, 0.3) is 0 Å². The van der Waals surface area contributed by atoms with E-state index in [-0.39, 0.29) is 16.6 Å². The summed E-state index contributed by atoms with van der Waals surface area (Å²) in [6.45, 7) is 13.2. The van der Waals surface area contributed by atoms with Gasteiger partial charge in [-0.3, -0.25) is 0 Å². The first-order valence-electron chi connectivity index (χ1n) is 19.6. The summed E-state index contributed by atoms with van der Waals surface area (Å²) >= 11 is 0. The van der Waals surface area contributed by atoms with Crippen molar-refractivity contribution in [3.8, 4) is 0 Å². The van der Waals surface area contributed by atoms with Crippen molar-refractivity contribution in [2.45, 2.75) is 96.8 Å². The summed E-state index contributed by atoms with van der Waals surface area (Å²) in [6, 6.07) is 26.2. The van der Waals surface area contributed by atoms with E-state index in [1.54, 1.807) is 0 Å². The Bertz CT molecular complexity index is 2220. The van der Waals surface area contributed by atoms with Crippen molar-refractivity contribution in [1.29, 1.82) is 0 Å². The number of fused-ring (bicyclic) bond motifs is 6. The van der Waals surface area contributed by atoms with Gasteiger partial charge in [-0.15, -0.1) is 0 Å². The summed E-state index contributed by atoms with van der Waals surface area (Å²) in [5, 5.41) is 5.06. The van der Waals surface area contributed by atoms with Crippen LogP contribution in [0, 0.1) is 0 Å². The minimum Gasteiger partial charge on any atom is -0.748 e. The number of unbranched alkanes of at least 4 members (excludes halogenated alkanes) is 6. The van der Waals surface area contributed by atoms with Gasteiger partial charge in [-0.05, 0) is 72.0 Å². The van der Waals surface area contributed by atoms with Crippen LogP contribution >= 0.6 is 0 Å². The van der Waals surface area contributed by atoms with Crippen LogP contribution in [0.2, 0.25) is 0 Å². The predicted molar refractivity (Wildman–Crippen MR) is 224 cm³/mol. The van der Waals surface area contributed by atoms with Gasteiger partial charge in [0.1, 0.15) is 6.54 Å². The molecule has 0 unspecified atom stereocenters. The second kappa shape index (κ2) is 16.4. The second-order valence-corrected chi connectivity index (χ2v) is 17.2. The van der Waals surface area contributed by atoms with Crippen LogP contribution in [0.4, 0.5) is 11.4 Å². The normalized spacial score (nSPS) is 17.5. The topological polar surface area (TPSA) is 63.5 Å². The Labute approximate surface area is 317 Å². The van der Waals surface area contributed by atoms with Crippen LogP contribution in [0.25, 0.3) is 21.5 Å². The number of hydrogen-bond donors (Lipinski definition) is 0. The molecule has 2 aliphatic heterocycles. The fraction of sp³-hybridized carbons (Fsp3) is 0.383. The summed E-state index contributed by atoms with van der Waals surface area (Å²) in [5.74, 6) is -0.331. The van der Waals surface area contributed by atoms with E-state index in [9.17, 15) is 13.0 Å². The molecule has 0 N–H and O–H groups in total. The van der Waals surface area contributed by atoms with Crippen molar-refractivity contribution in [2.75, 3.05) is 23.7 Å². The van der Waals surface area contributed by atoms with Gasteiger partial charge in [-0.1, -0.05) is 138 Å². The maximum atomic E-state index is 11.3. The maximum Gasteiger partial charge on any atom is 0.210 e. The van der Waals surface area contributed by atoms with Gasteiger partial charge in [-0.25, -0.2) is 8.42 Å². The quantitative estimate of drug-likeness (QED) is 0.0499. The zero-order chi connectivity index (χ0) is 37.6. The highest BCUT2D eigenvalue weighted by Crippen LogP contribution is 2.51. The summed E-state index contributed by atoms with van der Waals surface area (Å²) in [6.07, 6.45) is 23.7. The Morgan fingerprint density at radius 3 is 2.02 bits per heavy atom. The van der Waals surface area contributed by atoms with Gasteiger partial charge in [0.05, 0.1) is 15.5 Å². The van der Waals surface area contributed by atoms with Crippen LogP contribution in [0.5, 0.6) is 0 Å². The fourth-order valence-electron chi connectivity index (χ4n) is 8.64. The number of hydrogen-bond acceptors (Lipinski definition) is 4. The molecule has 0 fully saturated rings. The molecule has 0 bridgehead atoms. The van der Waals surface area contributed by atoms with E-state index in [2.05, 4.69) is 159 Å². The van der Waals surface area contributed by atoms with Gasteiger partial charge in [0, 0.05) is 53.2 Å². The molecule has 0 amide bonds. The van der Waals surface area contributed by atoms with Gasteiger partial charge in [0.15, 0.2) is 5.71 Å². The van der Waals surface area contributed by atoms with Gasteiger partial charge in [-0.2, -0.15) is 4.58 Å². The molecule has 2 heterocycles. The third-order valence-corrected chi connectivity index (χ3v) is 12.0. The molecule has 0 atom stereocenters. The van der Waals surface area contributed by atoms with Crippen LogP contribution in [-0.2, 0) is 20.9 Å². The molecule has 0 aromatic heterocycles. The Balaban J connectivity index is 1.23. The summed E-state index contributed by atoms with van der Waals surface area (Å²) in [4.78, 5) is 2.57. The lowest BCUT2D eigenvalue weighted by Gasteiger charge is -2.27. The van der Waals surface area contributed by atoms with E-state index in [0.29, 0.717) is 19.4 Å². The van der Waals surface area contributed by atoms with Crippen LogP contribution in [0.3, 0.4) is 0 Å². The summed E-state index contributed by atoms with van der Waals surface area (Å²) in [7, 11) is -4.23. The molecule has 278 valence electrons. The molecule has 4 aromatic carbocycles. The van der Waals surface area contributed by atoms with Crippen molar-refractivity contribution < 1.29 is 17.5 Å². The average molecular weight is 729 g/mol. The van der Waals surface area contributed by atoms with Crippen molar-refractivity contribution in [3.05, 3.63) is 132 Å². The minimum atomic E-state index is -4.23.